The monoisotopic (exact) mass is 324 g/mol. The summed E-state index contributed by atoms with van der Waals surface area (Å²) >= 11 is 3.17. The summed E-state index contributed by atoms with van der Waals surface area (Å²) in [5.74, 6) is 0.611. The SMILES string of the molecule is CSC(CO)C(C)NC(=O)C1CSC(c2ccccc2)=N1. The van der Waals surface area contributed by atoms with Crippen LogP contribution in [0.2, 0.25) is 0 Å². The third-order valence-electron chi connectivity index (χ3n) is 3.38. The van der Waals surface area contributed by atoms with Crippen LogP contribution in [0.25, 0.3) is 0 Å². The highest BCUT2D eigenvalue weighted by Gasteiger charge is 2.28. The van der Waals surface area contributed by atoms with Gasteiger partial charge in [-0.2, -0.15) is 11.8 Å². The first-order chi connectivity index (χ1) is 10.2. The van der Waals surface area contributed by atoms with Crippen LogP contribution in [-0.4, -0.2) is 52.0 Å². The van der Waals surface area contributed by atoms with E-state index in [4.69, 9.17) is 0 Å². The molecule has 4 nitrogen and oxygen atoms in total. The van der Waals surface area contributed by atoms with Crippen LogP contribution in [0, 0.1) is 0 Å². The molecule has 21 heavy (non-hydrogen) atoms. The molecule has 3 unspecified atom stereocenters. The number of nitrogens with one attached hydrogen (secondary N) is 1. The largest absolute Gasteiger partial charge is 0.395 e. The first-order valence-corrected chi connectivity index (χ1v) is 9.13. The fourth-order valence-electron chi connectivity index (χ4n) is 2.10. The van der Waals surface area contributed by atoms with Gasteiger partial charge in [-0.3, -0.25) is 9.79 Å². The molecule has 1 aromatic rings. The van der Waals surface area contributed by atoms with Crippen molar-refractivity contribution in [3.63, 3.8) is 0 Å². The third-order valence-corrected chi connectivity index (χ3v) is 5.64. The number of carbonyl (C=O) groups excluding carboxylic acids is 1. The molecule has 114 valence electrons. The summed E-state index contributed by atoms with van der Waals surface area (Å²) in [5, 5.41) is 13.2. The van der Waals surface area contributed by atoms with Crippen molar-refractivity contribution in [2.45, 2.75) is 24.3 Å². The molecule has 0 saturated heterocycles. The van der Waals surface area contributed by atoms with Gasteiger partial charge in [-0.25, -0.2) is 0 Å². The standard InChI is InChI=1S/C15H20N2O2S2/c1-10(13(8-18)20-2)16-14(19)12-9-21-15(17-12)11-6-4-3-5-7-11/h3-7,10,12-13,18H,8-9H2,1-2H3,(H,16,19). The molecule has 0 fully saturated rings. The van der Waals surface area contributed by atoms with Gasteiger partial charge < -0.3 is 10.4 Å². The smallest absolute Gasteiger partial charge is 0.245 e. The Hall–Kier alpha value is -0.980. The normalized spacial score (nSPS) is 20.7. The van der Waals surface area contributed by atoms with Crippen LogP contribution >= 0.6 is 23.5 Å². The number of aliphatic hydroxyl groups is 1. The van der Waals surface area contributed by atoms with Gasteiger partial charge in [0.05, 0.1) is 11.7 Å². The minimum Gasteiger partial charge on any atom is -0.395 e. The predicted molar refractivity (Wildman–Crippen MR) is 91.2 cm³/mol. The van der Waals surface area contributed by atoms with E-state index in [1.54, 1.807) is 23.5 Å². The minimum atomic E-state index is -0.339. The van der Waals surface area contributed by atoms with E-state index in [0.29, 0.717) is 5.75 Å². The lowest BCUT2D eigenvalue weighted by Crippen LogP contribution is -2.45. The first kappa shape index (κ1) is 16.4. The van der Waals surface area contributed by atoms with E-state index >= 15 is 0 Å². The predicted octanol–water partition coefficient (Wildman–Crippen LogP) is 1.78. The average Bonchev–Trinajstić information content (AvgIpc) is 2.99. The Morgan fingerprint density at radius 1 is 1.52 bits per heavy atom. The van der Waals surface area contributed by atoms with Crippen molar-refractivity contribution in [1.29, 1.82) is 0 Å². The van der Waals surface area contributed by atoms with Crippen molar-refractivity contribution < 1.29 is 9.90 Å². The van der Waals surface area contributed by atoms with Crippen LogP contribution in [0.15, 0.2) is 35.3 Å². The van der Waals surface area contributed by atoms with Crippen molar-refractivity contribution in [2.24, 2.45) is 4.99 Å². The van der Waals surface area contributed by atoms with Crippen LogP contribution < -0.4 is 5.32 Å². The van der Waals surface area contributed by atoms with Gasteiger partial charge in [0.25, 0.3) is 0 Å². The highest BCUT2D eigenvalue weighted by molar-refractivity contribution is 8.14. The number of hydrogen-bond acceptors (Lipinski definition) is 5. The van der Waals surface area contributed by atoms with Crippen molar-refractivity contribution in [2.75, 3.05) is 18.6 Å². The molecule has 2 N–H and O–H groups in total. The number of hydrogen-bond donors (Lipinski definition) is 2. The van der Waals surface area contributed by atoms with E-state index < -0.39 is 0 Å². The molecule has 0 radical (unpaired) electrons. The zero-order chi connectivity index (χ0) is 15.2. The summed E-state index contributed by atoms with van der Waals surface area (Å²) in [7, 11) is 0. The maximum absolute atomic E-state index is 12.2. The van der Waals surface area contributed by atoms with Gasteiger partial charge >= 0.3 is 0 Å². The molecule has 0 aromatic heterocycles. The Labute approximate surface area is 133 Å². The van der Waals surface area contributed by atoms with Crippen LogP contribution in [-0.2, 0) is 4.79 Å². The van der Waals surface area contributed by atoms with Gasteiger partial charge in [0.1, 0.15) is 6.04 Å². The number of rotatable bonds is 6. The molecule has 1 aliphatic heterocycles. The molecule has 1 aromatic carbocycles. The average molecular weight is 324 g/mol. The fraction of sp³-hybridized carbons (Fsp3) is 0.467. The van der Waals surface area contributed by atoms with Crippen molar-refractivity contribution in [1.82, 2.24) is 5.32 Å². The molecule has 1 amide bonds. The summed E-state index contributed by atoms with van der Waals surface area (Å²) < 4.78 is 0. The highest BCUT2D eigenvalue weighted by Crippen LogP contribution is 2.23. The maximum atomic E-state index is 12.2. The lowest BCUT2D eigenvalue weighted by Gasteiger charge is -2.22. The summed E-state index contributed by atoms with van der Waals surface area (Å²) in [5.41, 5.74) is 1.06. The van der Waals surface area contributed by atoms with Crippen molar-refractivity contribution in [3.8, 4) is 0 Å². The summed E-state index contributed by atoms with van der Waals surface area (Å²) in [6, 6.07) is 9.50. The Bertz CT molecular complexity index is 504. The second kappa shape index (κ2) is 7.87. The molecule has 1 heterocycles. The van der Waals surface area contributed by atoms with E-state index in [0.717, 1.165) is 10.6 Å². The Morgan fingerprint density at radius 3 is 2.86 bits per heavy atom. The number of carbonyl (C=O) groups is 1. The topological polar surface area (TPSA) is 61.7 Å². The van der Waals surface area contributed by atoms with Crippen molar-refractivity contribution >= 4 is 34.5 Å². The Kier molecular flexibility index (Phi) is 6.14. The lowest BCUT2D eigenvalue weighted by atomic mass is 10.2. The van der Waals surface area contributed by atoms with E-state index in [2.05, 4.69) is 10.3 Å². The fourth-order valence-corrected chi connectivity index (χ4v) is 3.77. The number of benzene rings is 1. The number of aliphatic hydroxyl groups excluding tert-OH is 1. The number of thioether (sulfide) groups is 2. The molecule has 0 spiro atoms. The minimum absolute atomic E-state index is 0.0144. The van der Waals surface area contributed by atoms with Gasteiger partial charge in [0, 0.05) is 22.6 Å². The summed E-state index contributed by atoms with van der Waals surface area (Å²) in [6.07, 6.45) is 1.93. The lowest BCUT2D eigenvalue weighted by molar-refractivity contribution is -0.122. The van der Waals surface area contributed by atoms with Crippen molar-refractivity contribution in [3.05, 3.63) is 35.9 Å². The van der Waals surface area contributed by atoms with Gasteiger partial charge in [0.15, 0.2) is 0 Å². The molecule has 2 rings (SSSR count). The molecule has 0 bridgehead atoms. The summed E-state index contributed by atoms with van der Waals surface area (Å²) in [6.45, 7) is 1.97. The van der Waals surface area contributed by atoms with Gasteiger partial charge in [-0.15, -0.1) is 11.8 Å². The molecule has 1 aliphatic rings. The van der Waals surface area contributed by atoms with E-state index in [1.807, 2.05) is 43.5 Å². The molecule has 0 saturated carbocycles. The third kappa shape index (κ3) is 4.25. The van der Waals surface area contributed by atoms with Crippen LogP contribution in [0.3, 0.4) is 0 Å². The van der Waals surface area contributed by atoms with Crippen LogP contribution in [0.4, 0.5) is 0 Å². The molecule has 6 heteroatoms. The summed E-state index contributed by atoms with van der Waals surface area (Å²) in [4.78, 5) is 16.8. The number of aliphatic imine (C=N–C) groups is 1. The quantitative estimate of drug-likeness (QED) is 0.837. The Balaban J connectivity index is 1.97. The van der Waals surface area contributed by atoms with Gasteiger partial charge in [-0.1, -0.05) is 30.3 Å². The van der Waals surface area contributed by atoms with E-state index in [-0.39, 0.29) is 29.8 Å². The first-order valence-electron chi connectivity index (χ1n) is 6.85. The van der Waals surface area contributed by atoms with Crippen LogP contribution in [0.5, 0.6) is 0 Å². The molecular formula is C15H20N2O2S2. The van der Waals surface area contributed by atoms with E-state index in [9.17, 15) is 9.90 Å². The second-order valence-corrected chi connectivity index (χ2v) is 6.97. The number of amides is 1. The molecule has 0 aliphatic carbocycles. The zero-order valence-corrected chi connectivity index (χ0v) is 13.8. The van der Waals surface area contributed by atoms with Gasteiger partial charge in [0.2, 0.25) is 5.91 Å². The second-order valence-electron chi connectivity index (χ2n) is 4.88. The Morgan fingerprint density at radius 2 is 2.24 bits per heavy atom. The van der Waals surface area contributed by atoms with Crippen LogP contribution in [0.1, 0.15) is 12.5 Å². The van der Waals surface area contributed by atoms with Gasteiger partial charge in [-0.05, 0) is 13.2 Å². The highest BCUT2D eigenvalue weighted by atomic mass is 32.2. The molecule has 3 atom stereocenters. The zero-order valence-electron chi connectivity index (χ0n) is 12.2. The molecular weight excluding hydrogens is 304 g/mol. The number of nitrogens with zero attached hydrogens (tertiary/aromatic N) is 1. The van der Waals surface area contributed by atoms with E-state index in [1.165, 1.54) is 0 Å². The maximum Gasteiger partial charge on any atom is 0.245 e.